The van der Waals surface area contributed by atoms with Crippen LogP contribution in [-0.4, -0.2) is 36.5 Å². The van der Waals surface area contributed by atoms with Crippen LogP contribution in [0.5, 0.6) is 0 Å². The predicted molar refractivity (Wildman–Crippen MR) is 72.7 cm³/mol. The number of anilines is 1. The number of benzene rings is 1. The zero-order valence-electron chi connectivity index (χ0n) is 10.5. The van der Waals surface area contributed by atoms with E-state index in [-0.39, 0.29) is 12.6 Å². The molecule has 0 aliphatic heterocycles. The van der Waals surface area contributed by atoms with E-state index in [4.69, 9.17) is 9.84 Å². The van der Waals surface area contributed by atoms with Crippen LogP contribution in [0.4, 0.5) is 5.69 Å². The number of aliphatic hydroxyl groups excluding tert-OH is 1. The molecule has 0 aliphatic rings. The summed E-state index contributed by atoms with van der Waals surface area (Å²) in [6, 6.07) is 10.0. The third kappa shape index (κ3) is 2.97. The van der Waals surface area contributed by atoms with E-state index in [1.807, 2.05) is 30.3 Å². The molecule has 4 heteroatoms. The molecule has 0 amide bonds. The topological polar surface area (TPSA) is 54.4 Å². The Bertz CT molecular complexity index is 491. The van der Waals surface area contributed by atoms with Gasteiger partial charge in [0.2, 0.25) is 0 Å². The maximum Gasteiger partial charge on any atom is 0.0722 e. The van der Waals surface area contributed by atoms with Crippen LogP contribution in [0.1, 0.15) is 6.42 Å². The summed E-state index contributed by atoms with van der Waals surface area (Å²) in [5.74, 6) is 0. The molecule has 0 aliphatic carbocycles. The maximum atomic E-state index is 9.05. The summed E-state index contributed by atoms with van der Waals surface area (Å²) in [5.41, 5.74) is 1.98. The Kier molecular flexibility index (Phi) is 4.50. The lowest BCUT2D eigenvalue weighted by atomic mass is 10.1. The molecule has 1 aromatic carbocycles. The van der Waals surface area contributed by atoms with E-state index in [0.717, 1.165) is 16.6 Å². The smallest absolute Gasteiger partial charge is 0.0722 e. The number of hydrogen-bond donors (Lipinski definition) is 2. The number of pyridine rings is 1. The number of para-hydroxylation sites is 1. The lowest BCUT2D eigenvalue weighted by Crippen LogP contribution is -2.26. The number of hydrogen-bond acceptors (Lipinski definition) is 4. The zero-order valence-corrected chi connectivity index (χ0v) is 10.5. The molecule has 0 bridgehead atoms. The van der Waals surface area contributed by atoms with Crippen LogP contribution in [0.15, 0.2) is 36.5 Å². The van der Waals surface area contributed by atoms with Crippen molar-refractivity contribution < 1.29 is 9.84 Å². The second-order valence-corrected chi connectivity index (χ2v) is 4.18. The molecule has 1 aromatic heterocycles. The van der Waals surface area contributed by atoms with Gasteiger partial charge in [0.05, 0.1) is 18.2 Å². The standard InChI is InChI=1S/C14H18N2O2/c1-18-10-11(7-9-17)16-14-6-8-15-13-5-3-2-4-12(13)14/h2-6,8,11,17H,7,9-10H2,1H3,(H,15,16). The summed E-state index contributed by atoms with van der Waals surface area (Å²) < 4.78 is 5.15. The van der Waals surface area contributed by atoms with Gasteiger partial charge < -0.3 is 15.2 Å². The molecule has 0 fully saturated rings. The molecule has 2 rings (SSSR count). The third-order valence-corrected chi connectivity index (χ3v) is 2.85. The maximum absolute atomic E-state index is 9.05. The van der Waals surface area contributed by atoms with Crippen molar-refractivity contribution in [3.8, 4) is 0 Å². The molecule has 1 heterocycles. The summed E-state index contributed by atoms with van der Waals surface area (Å²) in [6.07, 6.45) is 2.44. The van der Waals surface area contributed by atoms with Crippen LogP contribution >= 0.6 is 0 Å². The van der Waals surface area contributed by atoms with Gasteiger partial charge in [-0.2, -0.15) is 0 Å². The van der Waals surface area contributed by atoms with Crippen molar-refractivity contribution in [3.05, 3.63) is 36.5 Å². The first-order valence-electron chi connectivity index (χ1n) is 6.05. The Balaban J connectivity index is 2.24. The number of aromatic nitrogens is 1. The van der Waals surface area contributed by atoms with Crippen LogP contribution in [0, 0.1) is 0 Å². The van der Waals surface area contributed by atoms with Crippen molar-refractivity contribution in [2.75, 3.05) is 25.6 Å². The normalized spacial score (nSPS) is 12.6. The summed E-state index contributed by atoms with van der Waals surface area (Å²) >= 11 is 0. The fraction of sp³-hybridized carbons (Fsp3) is 0.357. The Labute approximate surface area is 107 Å². The van der Waals surface area contributed by atoms with Crippen molar-refractivity contribution in [2.45, 2.75) is 12.5 Å². The van der Waals surface area contributed by atoms with Crippen LogP contribution < -0.4 is 5.32 Å². The lowest BCUT2D eigenvalue weighted by molar-refractivity contribution is 0.170. The molecule has 18 heavy (non-hydrogen) atoms. The average molecular weight is 246 g/mol. The van der Waals surface area contributed by atoms with E-state index in [1.54, 1.807) is 13.3 Å². The zero-order chi connectivity index (χ0) is 12.8. The highest BCUT2D eigenvalue weighted by Crippen LogP contribution is 2.22. The Morgan fingerprint density at radius 3 is 2.94 bits per heavy atom. The van der Waals surface area contributed by atoms with Crippen LogP contribution in [0.3, 0.4) is 0 Å². The van der Waals surface area contributed by atoms with Crippen LogP contribution in [0.2, 0.25) is 0 Å². The molecule has 2 aromatic rings. The quantitative estimate of drug-likeness (QED) is 0.819. The second kappa shape index (κ2) is 6.33. The number of aliphatic hydroxyl groups is 1. The Morgan fingerprint density at radius 1 is 1.33 bits per heavy atom. The van der Waals surface area contributed by atoms with Gasteiger partial charge >= 0.3 is 0 Å². The van der Waals surface area contributed by atoms with E-state index >= 15 is 0 Å². The second-order valence-electron chi connectivity index (χ2n) is 4.18. The number of methoxy groups -OCH3 is 1. The van der Waals surface area contributed by atoms with E-state index in [0.29, 0.717) is 13.0 Å². The number of ether oxygens (including phenoxy) is 1. The van der Waals surface area contributed by atoms with Crippen LogP contribution in [-0.2, 0) is 4.74 Å². The highest BCUT2D eigenvalue weighted by atomic mass is 16.5. The van der Waals surface area contributed by atoms with Crippen molar-refractivity contribution in [2.24, 2.45) is 0 Å². The largest absolute Gasteiger partial charge is 0.396 e. The van der Waals surface area contributed by atoms with Gasteiger partial charge in [-0.3, -0.25) is 4.98 Å². The first-order chi connectivity index (χ1) is 8.85. The molecule has 4 nitrogen and oxygen atoms in total. The van der Waals surface area contributed by atoms with Crippen LogP contribution in [0.25, 0.3) is 10.9 Å². The highest BCUT2D eigenvalue weighted by Gasteiger charge is 2.09. The fourth-order valence-electron chi connectivity index (χ4n) is 2.00. The van der Waals surface area contributed by atoms with Crippen molar-refractivity contribution >= 4 is 16.6 Å². The molecular weight excluding hydrogens is 228 g/mol. The monoisotopic (exact) mass is 246 g/mol. The van der Waals surface area contributed by atoms with Gasteiger partial charge in [-0.05, 0) is 18.6 Å². The summed E-state index contributed by atoms with van der Waals surface area (Å²) in [7, 11) is 1.66. The SMILES string of the molecule is COCC(CCO)Nc1ccnc2ccccc12. The molecular formula is C14H18N2O2. The van der Waals surface area contributed by atoms with Gasteiger partial charge in [0, 0.05) is 31.0 Å². The third-order valence-electron chi connectivity index (χ3n) is 2.85. The molecule has 0 radical (unpaired) electrons. The van der Waals surface area contributed by atoms with E-state index in [9.17, 15) is 0 Å². The van der Waals surface area contributed by atoms with Gasteiger partial charge in [-0.15, -0.1) is 0 Å². The Morgan fingerprint density at radius 2 is 2.17 bits per heavy atom. The molecule has 96 valence electrons. The van der Waals surface area contributed by atoms with Gasteiger partial charge in [0.25, 0.3) is 0 Å². The van der Waals surface area contributed by atoms with Crippen molar-refractivity contribution in [1.29, 1.82) is 0 Å². The molecule has 1 atom stereocenters. The van der Waals surface area contributed by atoms with Gasteiger partial charge in [0.15, 0.2) is 0 Å². The van der Waals surface area contributed by atoms with Crippen molar-refractivity contribution in [1.82, 2.24) is 4.98 Å². The first-order valence-corrected chi connectivity index (χ1v) is 6.05. The highest BCUT2D eigenvalue weighted by molar-refractivity contribution is 5.90. The molecule has 0 spiro atoms. The fourth-order valence-corrected chi connectivity index (χ4v) is 2.00. The Hall–Kier alpha value is -1.65. The van der Waals surface area contributed by atoms with Gasteiger partial charge in [-0.1, -0.05) is 18.2 Å². The molecule has 2 N–H and O–H groups in total. The predicted octanol–water partition coefficient (Wildman–Crippen LogP) is 2.04. The molecule has 0 saturated heterocycles. The minimum absolute atomic E-state index is 0.103. The van der Waals surface area contributed by atoms with E-state index in [1.165, 1.54) is 0 Å². The van der Waals surface area contributed by atoms with Gasteiger partial charge in [0.1, 0.15) is 0 Å². The molecule has 0 saturated carbocycles. The van der Waals surface area contributed by atoms with Gasteiger partial charge in [-0.25, -0.2) is 0 Å². The number of fused-ring (bicyclic) bond motifs is 1. The van der Waals surface area contributed by atoms with E-state index in [2.05, 4.69) is 10.3 Å². The summed E-state index contributed by atoms with van der Waals surface area (Å²) in [5, 5.41) is 13.5. The van der Waals surface area contributed by atoms with Crippen molar-refractivity contribution in [3.63, 3.8) is 0 Å². The first kappa shape index (κ1) is 12.8. The number of nitrogens with one attached hydrogen (secondary N) is 1. The number of rotatable bonds is 6. The number of nitrogens with zero attached hydrogens (tertiary/aromatic N) is 1. The minimum Gasteiger partial charge on any atom is -0.396 e. The average Bonchev–Trinajstić information content (AvgIpc) is 2.40. The summed E-state index contributed by atoms with van der Waals surface area (Å²) in [6.45, 7) is 0.710. The summed E-state index contributed by atoms with van der Waals surface area (Å²) in [4.78, 5) is 4.32. The minimum atomic E-state index is 0.103. The van der Waals surface area contributed by atoms with E-state index < -0.39 is 0 Å². The lowest BCUT2D eigenvalue weighted by Gasteiger charge is -2.19. The molecule has 1 unspecified atom stereocenters.